The van der Waals surface area contributed by atoms with Crippen molar-refractivity contribution in [1.82, 2.24) is 4.90 Å². The normalized spacial score (nSPS) is 21.8. The Kier molecular flexibility index (Phi) is 3.50. The topological polar surface area (TPSA) is 70.1 Å². The van der Waals surface area contributed by atoms with Gasteiger partial charge in [-0.2, -0.15) is 5.26 Å². The molecular formula is C18H19N3O. The Hall–Kier alpha value is -2.54. The minimum atomic E-state index is -0.329. The molecule has 0 saturated carbocycles. The molecule has 0 bridgehead atoms. The summed E-state index contributed by atoms with van der Waals surface area (Å²) < 4.78 is 0. The summed E-state index contributed by atoms with van der Waals surface area (Å²) in [7, 11) is 1.84. The SMILES string of the molecule is Cc1ccc([C@@H]2C(C#N)=C(N)N(C)C3=C2C(=O)CCC3)cc1. The number of ketones is 1. The van der Waals surface area contributed by atoms with Gasteiger partial charge in [-0.15, -0.1) is 0 Å². The molecule has 1 atom stereocenters. The second kappa shape index (κ2) is 5.34. The molecule has 0 radical (unpaired) electrons. The molecule has 2 aliphatic rings. The van der Waals surface area contributed by atoms with Gasteiger partial charge in [0.15, 0.2) is 5.78 Å². The highest BCUT2D eigenvalue weighted by atomic mass is 16.1. The first kappa shape index (κ1) is 14.4. The Morgan fingerprint density at radius 2 is 1.95 bits per heavy atom. The highest BCUT2D eigenvalue weighted by Crippen LogP contribution is 2.43. The summed E-state index contributed by atoms with van der Waals surface area (Å²) in [5, 5.41) is 9.59. The van der Waals surface area contributed by atoms with Crippen molar-refractivity contribution in [2.75, 3.05) is 7.05 Å². The minimum Gasteiger partial charge on any atom is -0.384 e. The van der Waals surface area contributed by atoms with Crippen molar-refractivity contribution in [3.8, 4) is 6.07 Å². The van der Waals surface area contributed by atoms with Gasteiger partial charge in [-0.3, -0.25) is 4.79 Å². The second-order valence-electron chi connectivity index (χ2n) is 5.95. The van der Waals surface area contributed by atoms with Crippen LogP contribution in [0.4, 0.5) is 0 Å². The van der Waals surface area contributed by atoms with Crippen LogP contribution in [0.25, 0.3) is 0 Å². The number of allylic oxidation sites excluding steroid dienone is 3. The number of rotatable bonds is 1. The van der Waals surface area contributed by atoms with Crippen LogP contribution in [-0.4, -0.2) is 17.7 Å². The van der Waals surface area contributed by atoms with Crippen LogP contribution in [0.3, 0.4) is 0 Å². The Bertz CT molecular complexity index is 735. The van der Waals surface area contributed by atoms with Crippen molar-refractivity contribution in [3.05, 3.63) is 58.1 Å². The summed E-state index contributed by atoms with van der Waals surface area (Å²) in [5.41, 5.74) is 10.5. The first-order chi connectivity index (χ1) is 10.5. The maximum absolute atomic E-state index is 12.5. The van der Waals surface area contributed by atoms with E-state index in [9.17, 15) is 10.1 Å². The number of nitriles is 1. The first-order valence-electron chi connectivity index (χ1n) is 7.51. The van der Waals surface area contributed by atoms with Crippen molar-refractivity contribution in [1.29, 1.82) is 5.26 Å². The molecule has 112 valence electrons. The molecule has 0 amide bonds. The lowest BCUT2D eigenvalue weighted by atomic mass is 9.76. The van der Waals surface area contributed by atoms with Gasteiger partial charge in [0, 0.05) is 24.7 Å². The Morgan fingerprint density at radius 1 is 1.27 bits per heavy atom. The third kappa shape index (κ3) is 2.10. The molecule has 0 saturated heterocycles. The van der Waals surface area contributed by atoms with E-state index in [1.54, 1.807) is 0 Å². The summed E-state index contributed by atoms with van der Waals surface area (Å²) in [6, 6.07) is 10.2. The average molecular weight is 293 g/mol. The van der Waals surface area contributed by atoms with Gasteiger partial charge >= 0.3 is 0 Å². The van der Waals surface area contributed by atoms with E-state index in [4.69, 9.17) is 5.73 Å². The van der Waals surface area contributed by atoms with Crippen LogP contribution in [0.1, 0.15) is 36.3 Å². The Morgan fingerprint density at radius 3 is 2.59 bits per heavy atom. The Labute approximate surface area is 130 Å². The predicted octanol–water partition coefficient (Wildman–Crippen LogP) is 2.73. The maximum atomic E-state index is 12.5. The van der Waals surface area contributed by atoms with E-state index >= 15 is 0 Å². The summed E-state index contributed by atoms with van der Waals surface area (Å²) in [5.74, 6) is 0.269. The molecule has 1 aromatic carbocycles. The monoisotopic (exact) mass is 293 g/mol. The lowest BCUT2D eigenvalue weighted by Gasteiger charge is -2.37. The minimum absolute atomic E-state index is 0.138. The van der Waals surface area contributed by atoms with Crippen molar-refractivity contribution < 1.29 is 4.79 Å². The van der Waals surface area contributed by atoms with Crippen LogP contribution in [-0.2, 0) is 4.79 Å². The number of nitrogens with two attached hydrogens (primary N) is 1. The zero-order chi connectivity index (χ0) is 15.9. The van der Waals surface area contributed by atoms with Crippen LogP contribution in [0.5, 0.6) is 0 Å². The number of hydrogen-bond donors (Lipinski definition) is 1. The number of Topliss-reactive ketones (excluding diaryl/α,β-unsaturated/α-hetero) is 1. The van der Waals surface area contributed by atoms with Gasteiger partial charge < -0.3 is 10.6 Å². The molecule has 3 rings (SSSR count). The average Bonchev–Trinajstić information content (AvgIpc) is 2.52. The van der Waals surface area contributed by atoms with E-state index in [1.807, 2.05) is 43.1 Å². The summed E-state index contributed by atoms with van der Waals surface area (Å²) >= 11 is 0. The summed E-state index contributed by atoms with van der Waals surface area (Å²) in [6.45, 7) is 2.02. The molecule has 2 N–H and O–H groups in total. The first-order valence-corrected chi connectivity index (χ1v) is 7.51. The number of aryl methyl sites for hydroxylation is 1. The zero-order valence-corrected chi connectivity index (χ0v) is 12.9. The molecule has 1 aromatic rings. The molecule has 1 aliphatic carbocycles. The zero-order valence-electron chi connectivity index (χ0n) is 12.9. The summed E-state index contributed by atoms with van der Waals surface area (Å²) in [4.78, 5) is 14.4. The van der Waals surface area contributed by atoms with Gasteiger partial charge in [0.25, 0.3) is 0 Å². The van der Waals surface area contributed by atoms with Gasteiger partial charge in [-0.05, 0) is 25.3 Å². The lowest BCUT2D eigenvalue weighted by molar-refractivity contribution is -0.116. The van der Waals surface area contributed by atoms with Crippen LogP contribution in [0, 0.1) is 18.3 Å². The van der Waals surface area contributed by atoms with Gasteiger partial charge in [0.05, 0.1) is 17.6 Å². The summed E-state index contributed by atoms with van der Waals surface area (Å²) in [6.07, 6.45) is 2.23. The largest absolute Gasteiger partial charge is 0.384 e. The number of benzene rings is 1. The maximum Gasteiger partial charge on any atom is 0.161 e. The third-order valence-electron chi connectivity index (χ3n) is 4.58. The van der Waals surface area contributed by atoms with Crippen LogP contribution in [0.2, 0.25) is 0 Å². The fourth-order valence-electron chi connectivity index (χ4n) is 3.36. The predicted molar refractivity (Wildman–Crippen MR) is 84.4 cm³/mol. The van der Waals surface area contributed by atoms with Gasteiger partial charge in [-0.1, -0.05) is 29.8 Å². The fraction of sp³-hybridized carbons (Fsp3) is 0.333. The molecule has 0 fully saturated rings. The van der Waals surface area contributed by atoms with Crippen LogP contribution >= 0.6 is 0 Å². The highest BCUT2D eigenvalue weighted by molar-refractivity contribution is 5.99. The standard InChI is InChI=1S/C18H19N3O/c1-11-6-8-12(9-7-11)16-13(10-19)18(20)21(2)14-4-3-5-15(22)17(14)16/h6-9,16H,3-5,20H2,1-2H3/t16-/m1/s1. The van der Waals surface area contributed by atoms with E-state index in [-0.39, 0.29) is 11.7 Å². The Balaban J connectivity index is 2.22. The van der Waals surface area contributed by atoms with Crippen molar-refractivity contribution in [3.63, 3.8) is 0 Å². The van der Waals surface area contributed by atoms with Crippen molar-refractivity contribution >= 4 is 5.78 Å². The van der Waals surface area contributed by atoms with E-state index in [0.717, 1.165) is 35.2 Å². The van der Waals surface area contributed by atoms with E-state index in [0.29, 0.717) is 17.8 Å². The number of hydrogen-bond acceptors (Lipinski definition) is 4. The molecular weight excluding hydrogens is 274 g/mol. The van der Waals surface area contributed by atoms with Crippen LogP contribution < -0.4 is 5.73 Å². The third-order valence-corrected chi connectivity index (χ3v) is 4.58. The molecule has 22 heavy (non-hydrogen) atoms. The second-order valence-corrected chi connectivity index (χ2v) is 5.95. The molecule has 0 spiro atoms. The molecule has 1 heterocycles. The van der Waals surface area contributed by atoms with Crippen LogP contribution in [0.15, 0.2) is 46.9 Å². The smallest absolute Gasteiger partial charge is 0.161 e. The number of carbonyl (C=O) groups is 1. The fourth-order valence-corrected chi connectivity index (χ4v) is 3.36. The molecule has 0 unspecified atom stereocenters. The van der Waals surface area contributed by atoms with Gasteiger partial charge in [-0.25, -0.2) is 0 Å². The van der Waals surface area contributed by atoms with Crippen molar-refractivity contribution in [2.45, 2.75) is 32.1 Å². The number of carbonyl (C=O) groups excluding carboxylic acids is 1. The lowest BCUT2D eigenvalue weighted by Crippen LogP contribution is -2.36. The molecule has 0 aromatic heterocycles. The van der Waals surface area contributed by atoms with E-state index in [1.165, 1.54) is 0 Å². The van der Waals surface area contributed by atoms with Gasteiger partial charge in [0.1, 0.15) is 5.82 Å². The van der Waals surface area contributed by atoms with Crippen molar-refractivity contribution in [2.24, 2.45) is 5.73 Å². The van der Waals surface area contributed by atoms with Gasteiger partial charge in [0.2, 0.25) is 0 Å². The van der Waals surface area contributed by atoms with E-state index in [2.05, 4.69) is 6.07 Å². The number of nitrogens with zero attached hydrogens (tertiary/aromatic N) is 2. The van der Waals surface area contributed by atoms with E-state index < -0.39 is 0 Å². The molecule has 1 aliphatic heterocycles. The quantitative estimate of drug-likeness (QED) is 0.864. The highest BCUT2D eigenvalue weighted by Gasteiger charge is 2.38. The molecule has 4 heteroatoms. The molecule has 4 nitrogen and oxygen atoms in total.